The van der Waals surface area contributed by atoms with Crippen LogP contribution in [0.15, 0.2) is 180 Å². The van der Waals surface area contributed by atoms with Crippen molar-refractivity contribution in [1.82, 2.24) is 0 Å². The van der Waals surface area contributed by atoms with Gasteiger partial charge < -0.3 is 9.32 Å². The van der Waals surface area contributed by atoms with Crippen molar-refractivity contribution in [2.24, 2.45) is 0 Å². The summed E-state index contributed by atoms with van der Waals surface area (Å²) >= 11 is 0. The van der Waals surface area contributed by atoms with Crippen LogP contribution in [0.1, 0.15) is 0 Å². The number of rotatable bonds is 4. The lowest BCUT2D eigenvalue weighted by Gasteiger charge is -2.27. The van der Waals surface area contributed by atoms with Gasteiger partial charge in [0, 0.05) is 27.8 Å². The second kappa shape index (κ2) is 10.6. The summed E-state index contributed by atoms with van der Waals surface area (Å²) in [7, 11) is 0. The van der Waals surface area contributed by atoms with E-state index in [9.17, 15) is 0 Å². The van der Waals surface area contributed by atoms with Crippen LogP contribution in [0.4, 0.5) is 17.1 Å². The maximum absolute atomic E-state index is 6.22. The van der Waals surface area contributed by atoms with Crippen LogP contribution in [0.2, 0.25) is 0 Å². The summed E-state index contributed by atoms with van der Waals surface area (Å²) < 4.78 is 6.22. The highest BCUT2D eigenvalue weighted by Gasteiger charge is 2.16. The van der Waals surface area contributed by atoms with Crippen molar-refractivity contribution in [3.63, 3.8) is 0 Å². The van der Waals surface area contributed by atoms with Gasteiger partial charge in [-0.2, -0.15) is 0 Å². The zero-order chi connectivity index (χ0) is 31.6. The van der Waals surface area contributed by atoms with Crippen molar-refractivity contribution in [1.29, 1.82) is 0 Å². The lowest BCUT2D eigenvalue weighted by atomic mass is 9.99. The van der Waals surface area contributed by atoms with E-state index in [2.05, 4.69) is 169 Å². The van der Waals surface area contributed by atoms with E-state index in [1.807, 2.05) is 12.1 Å². The molecule has 0 saturated heterocycles. The molecule has 0 aliphatic rings. The second-order valence-electron chi connectivity index (χ2n) is 12.6. The standard InChI is InChI=1S/C46H29NO/c1-3-9-39-31(7-1)13-15-33-19-24-37(28-43(33)39)47(38-25-20-34-16-14-32-8-2-4-10-40(32)44(34)29-38)36-22-17-30(18-23-36)35-21-26-42-41-11-5-6-12-45(41)48-46(42)27-35/h1-29H. The quantitative estimate of drug-likeness (QED) is 0.184. The van der Waals surface area contributed by atoms with Gasteiger partial charge in [0.25, 0.3) is 0 Å². The minimum Gasteiger partial charge on any atom is -0.456 e. The molecule has 9 aromatic carbocycles. The Hall–Kier alpha value is -6.38. The topological polar surface area (TPSA) is 16.4 Å². The summed E-state index contributed by atoms with van der Waals surface area (Å²) in [4.78, 5) is 2.38. The van der Waals surface area contributed by atoms with E-state index < -0.39 is 0 Å². The van der Waals surface area contributed by atoms with Gasteiger partial charge in [-0.15, -0.1) is 0 Å². The smallest absolute Gasteiger partial charge is 0.136 e. The molecule has 0 atom stereocenters. The number of benzene rings is 9. The molecule has 0 amide bonds. The normalized spacial score (nSPS) is 11.8. The molecule has 2 heteroatoms. The number of furan rings is 1. The van der Waals surface area contributed by atoms with Crippen molar-refractivity contribution in [3.05, 3.63) is 176 Å². The van der Waals surface area contributed by atoms with E-state index in [0.29, 0.717) is 0 Å². The summed E-state index contributed by atoms with van der Waals surface area (Å²) in [6, 6.07) is 63.5. The summed E-state index contributed by atoms with van der Waals surface area (Å²) in [5, 5.41) is 12.3. The van der Waals surface area contributed by atoms with Crippen LogP contribution in [0, 0.1) is 0 Å². The van der Waals surface area contributed by atoms with Gasteiger partial charge in [0.2, 0.25) is 0 Å². The van der Waals surface area contributed by atoms with Crippen molar-refractivity contribution in [3.8, 4) is 11.1 Å². The number of fused-ring (bicyclic) bond motifs is 9. The summed E-state index contributed by atoms with van der Waals surface area (Å²) in [5.74, 6) is 0. The van der Waals surface area contributed by atoms with Crippen LogP contribution >= 0.6 is 0 Å². The lowest BCUT2D eigenvalue weighted by molar-refractivity contribution is 0.669. The van der Waals surface area contributed by atoms with Crippen LogP contribution in [0.3, 0.4) is 0 Å². The van der Waals surface area contributed by atoms with Gasteiger partial charge in [-0.3, -0.25) is 0 Å². The largest absolute Gasteiger partial charge is 0.456 e. The molecule has 0 aliphatic heterocycles. The number of anilines is 3. The van der Waals surface area contributed by atoms with Crippen molar-refractivity contribution >= 4 is 82.1 Å². The van der Waals surface area contributed by atoms with Gasteiger partial charge in [-0.05, 0) is 109 Å². The molecule has 224 valence electrons. The van der Waals surface area contributed by atoms with Gasteiger partial charge in [0.1, 0.15) is 11.2 Å². The Bertz CT molecular complexity index is 2720. The third kappa shape index (κ3) is 4.27. The van der Waals surface area contributed by atoms with E-state index >= 15 is 0 Å². The SMILES string of the molecule is c1ccc2c(c1)ccc1ccc(N(c3ccc(-c4ccc5c(c4)oc4ccccc45)cc3)c3ccc4ccc5ccccc5c4c3)cc12. The molecular formula is C46H29NO. The van der Waals surface area contributed by atoms with E-state index in [1.54, 1.807) is 0 Å². The number of hydrogen-bond acceptors (Lipinski definition) is 2. The average molecular weight is 612 g/mol. The molecule has 0 bridgehead atoms. The molecular weight excluding hydrogens is 583 g/mol. The second-order valence-corrected chi connectivity index (χ2v) is 12.6. The molecule has 1 heterocycles. The van der Waals surface area contributed by atoms with E-state index in [-0.39, 0.29) is 0 Å². The fourth-order valence-electron chi connectivity index (χ4n) is 7.41. The van der Waals surface area contributed by atoms with Crippen molar-refractivity contribution in [2.45, 2.75) is 0 Å². The number of para-hydroxylation sites is 1. The Labute approximate surface area is 277 Å². The Balaban J connectivity index is 1.14. The first-order valence-corrected chi connectivity index (χ1v) is 16.4. The van der Waals surface area contributed by atoms with Gasteiger partial charge in [0.15, 0.2) is 0 Å². The molecule has 0 aliphatic carbocycles. The minimum absolute atomic E-state index is 0.909. The fourth-order valence-corrected chi connectivity index (χ4v) is 7.41. The molecule has 0 radical (unpaired) electrons. The van der Waals surface area contributed by atoms with Gasteiger partial charge in [-0.1, -0.05) is 121 Å². The number of nitrogens with zero attached hydrogens (tertiary/aromatic N) is 1. The third-order valence-electron chi connectivity index (χ3n) is 9.81. The molecule has 2 nitrogen and oxygen atoms in total. The van der Waals surface area contributed by atoms with Crippen molar-refractivity contribution < 1.29 is 4.42 Å². The monoisotopic (exact) mass is 611 g/mol. The van der Waals surface area contributed by atoms with E-state index in [1.165, 1.54) is 43.1 Å². The van der Waals surface area contributed by atoms with Crippen LogP contribution in [-0.2, 0) is 0 Å². The highest BCUT2D eigenvalue weighted by molar-refractivity contribution is 6.11. The van der Waals surface area contributed by atoms with Gasteiger partial charge in [-0.25, -0.2) is 0 Å². The van der Waals surface area contributed by atoms with Gasteiger partial charge in [0.05, 0.1) is 0 Å². The van der Waals surface area contributed by atoms with Crippen molar-refractivity contribution in [2.75, 3.05) is 4.90 Å². The molecule has 0 spiro atoms. The Morgan fingerprint density at radius 2 is 0.750 bits per heavy atom. The fraction of sp³-hybridized carbons (Fsp3) is 0. The van der Waals surface area contributed by atoms with E-state index in [4.69, 9.17) is 4.42 Å². The van der Waals surface area contributed by atoms with Crippen LogP contribution in [0.25, 0.3) is 76.2 Å². The molecule has 10 rings (SSSR count). The Kier molecular flexibility index (Phi) is 5.91. The zero-order valence-electron chi connectivity index (χ0n) is 26.1. The third-order valence-corrected chi connectivity index (χ3v) is 9.81. The maximum atomic E-state index is 6.22. The summed E-state index contributed by atoms with van der Waals surface area (Å²) in [5.41, 5.74) is 7.45. The maximum Gasteiger partial charge on any atom is 0.136 e. The van der Waals surface area contributed by atoms with Crippen LogP contribution < -0.4 is 4.90 Å². The highest BCUT2D eigenvalue weighted by atomic mass is 16.3. The molecule has 1 aromatic heterocycles. The average Bonchev–Trinajstić information content (AvgIpc) is 3.53. The Morgan fingerprint density at radius 3 is 1.38 bits per heavy atom. The molecule has 0 N–H and O–H groups in total. The first-order valence-electron chi connectivity index (χ1n) is 16.4. The predicted octanol–water partition coefficient (Wildman–Crippen LogP) is 13.3. The molecule has 0 unspecified atom stereocenters. The minimum atomic E-state index is 0.909. The predicted molar refractivity (Wildman–Crippen MR) is 204 cm³/mol. The van der Waals surface area contributed by atoms with E-state index in [0.717, 1.165) is 50.1 Å². The molecule has 0 saturated carbocycles. The first kappa shape index (κ1) is 26.8. The lowest BCUT2D eigenvalue weighted by Crippen LogP contribution is -2.10. The Morgan fingerprint density at radius 1 is 0.292 bits per heavy atom. The summed E-state index contributed by atoms with van der Waals surface area (Å²) in [6.45, 7) is 0. The van der Waals surface area contributed by atoms with Crippen LogP contribution in [-0.4, -0.2) is 0 Å². The van der Waals surface area contributed by atoms with Crippen LogP contribution in [0.5, 0.6) is 0 Å². The molecule has 0 fully saturated rings. The molecule has 10 aromatic rings. The van der Waals surface area contributed by atoms with Gasteiger partial charge >= 0.3 is 0 Å². The zero-order valence-corrected chi connectivity index (χ0v) is 26.1. The highest BCUT2D eigenvalue weighted by Crippen LogP contribution is 2.41. The molecule has 48 heavy (non-hydrogen) atoms. The number of hydrogen-bond donors (Lipinski definition) is 0. The summed E-state index contributed by atoms with van der Waals surface area (Å²) in [6.07, 6.45) is 0. The first-order chi connectivity index (χ1) is 23.8.